The molecule has 0 aromatic heterocycles. The number of rotatable bonds is 3. The number of carbonyl (C=O) groups excluding carboxylic acids is 2. The van der Waals surface area contributed by atoms with Gasteiger partial charge in [0, 0.05) is 23.6 Å². The van der Waals surface area contributed by atoms with Crippen molar-refractivity contribution in [2.75, 3.05) is 11.2 Å². The smallest absolute Gasteiger partial charge is 0.288 e. The van der Waals surface area contributed by atoms with E-state index in [0.717, 1.165) is 0 Å². The second-order valence-corrected chi connectivity index (χ2v) is 8.10. The fourth-order valence-corrected chi connectivity index (χ4v) is 4.38. The van der Waals surface area contributed by atoms with E-state index in [4.69, 9.17) is 11.6 Å². The second-order valence-electron chi connectivity index (χ2n) is 6.90. The molecule has 2 aliphatic rings. The van der Waals surface area contributed by atoms with E-state index in [1.54, 1.807) is 48.4 Å². The van der Waals surface area contributed by atoms with E-state index in [9.17, 15) is 19.7 Å². The number of benzene rings is 2. The van der Waals surface area contributed by atoms with Crippen LogP contribution in [0.1, 0.15) is 36.7 Å². The molecule has 2 atom stereocenters. The number of halogens is 1. The van der Waals surface area contributed by atoms with E-state index in [0.29, 0.717) is 22.0 Å². The highest BCUT2D eigenvalue weighted by Gasteiger charge is 2.47. The third-order valence-electron chi connectivity index (χ3n) is 5.16. The maximum atomic E-state index is 13.1. The van der Waals surface area contributed by atoms with Gasteiger partial charge in [-0.1, -0.05) is 54.6 Å². The number of hydrogen-bond donors (Lipinski definition) is 1. The Morgan fingerprint density at radius 2 is 2.06 bits per heavy atom. The van der Waals surface area contributed by atoms with Gasteiger partial charge in [0.25, 0.3) is 11.6 Å². The van der Waals surface area contributed by atoms with E-state index in [1.165, 1.54) is 28.9 Å². The minimum Gasteiger partial charge on any atom is -0.302 e. The second kappa shape index (κ2) is 8.20. The molecule has 0 fully saturated rings. The molecule has 0 radical (unpaired) electrons. The van der Waals surface area contributed by atoms with Crippen LogP contribution in [-0.2, 0) is 9.59 Å². The molecule has 0 saturated carbocycles. The number of nitro groups is 1. The highest BCUT2D eigenvalue weighted by Crippen LogP contribution is 2.47. The van der Waals surface area contributed by atoms with Crippen LogP contribution in [0.15, 0.2) is 47.6 Å². The maximum Gasteiger partial charge on any atom is 0.288 e. The molecule has 9 nitrogen and oxygen atoms in total. The van der Waals surface area contributed by atoms with Gasteiger partial charge in [-0.15, -0.1) is 5.10 Å². The number of hydrogen-bond acceptors (Lipinski definition) is 7. The molecular formula is C20H18ClN5O4S. The van der Waals surface area contributed by atoms with Crippen molar-refractivity contribution in [3.8, 4) is 0 Å². The summed E-state index contributed by atoms with van der Waals surface area (Å²) in [6.45, 7) is 1.73. The number of nitrogens with zero attached hydrogens (tertiary/aromatic N) is 4. The van der Waals surface area contributed by atoms with E-state index in [2.05, 4.69) is 10.4 Å². The van der Waals surface area contributed by atoms with Gasteiger partial charge >= 0.3 is 0 Å². The van der Waals surface area contributed by atoms with E-state index < -0.39 is 17.1 Å². The Kier molecular flexibility index (Phi) is 5.59. The number of amides is 2. The average Bonchev–Trinajstić information content (AvgIpc) is 2.77. The van der Waals surface area contributed by atoms with Crippen LogP contribution < -0.4 is 10.2 Å². The highest BCUT2D eigenvalue weighted by atomic mass is 35.5. The Bertz CT molecular complexity index is 1120. The first kappa shape index (κ1) is 21.1. The lowest BCUT2D eigenvalue weighted by Gasteiger charge is -2.48. The van der Waals surface area contributed by atoms with Crippen LogP contribution in [0.4, 0.5) is 11.4 Å². The molecule has 0 spiro atoms. The first-order chi connectivity index (χ1) is 14.9. The summed E-state index contributed by atoms with van der Waals surface area (Å²) >= 11 is 7.27. The number of amidine groups is 1. The number of hydrazone groups is 1. The minimum atomic E-state index is -0.864. The molecule has 0 saturated heterocycles. The van der Waals surface area contributed by atoms with Crippen LogP contribution in [0.25, 0.3) is 0 Å². The lowest BCUT2D eigenvalue weighted by molar-refractivity contribution is -0.384. The number of thioether (sulfide) groups is 1. The Hall–Kier alpha value is -3.11. The molecule has 11 heteroatoms. The summed E-state index contributed by atoms with van der Waals surface area (Å²) in [4.78, 5) is 38.6. The van der Waals surface area contributed by atoms with Gasteiger partial charge in [-0.3, -0.25) is 29.6 Å². The summed E-state index contributed by atoms with van der Waals surface area (Å²) in [5, 5.41) is 20.7. The van der Waals surface area contributed by atoms with Gasteiger partial charge in [-0.05, 0) is 18.4 Å². The van der Waals surface area contributed by atoms with Gasteiger partial charge in [0.05, 0.1) is 10.6 Å². The van der Waals surface area contributed by atoms with Gasteiger partial charge in [0.2, 0.25) is 5.91 Å². The standard InChI is InChI=1S/C20H18ClN5O4S/c1-3-16(27)24-14-7-5-4-6-12(14)17-18(28)22-20(31-2)23-25(17)19(24)11-8-9-13(21)15(10-11)26(29)30/h4-10,17,19H,3H2,1-2H3,(H,22,23,28)/t17-,19+/m0/s1. The van der Waals surface area contributed by atoms with Crippen LogP contribution in [0.3, 0.4) is 0 Å². The summed E-state index contributed by atoms with van der Waals surface area (Å²) in [5.41, 5.74) is 1.34. The molecule has 0 aliphatic carbocycles. The van der Waals surface area contributed by atoms with Crippen molar-refractivity contribution in [2.24, 2.45) is 5.10 Å². The summed E-state index contributed by atoms with van der Waals surface area (Å²) in [5.74, 6) is -0.496. The Morgan fingerprint density at radius 3 is 2.74 bits per heavy atom. The molecular weight excluding hydrogens is 442 g/mol. The highest BCUT2D eigenvalue weighted by molar-refractivity contribution is 8.13. The molecule has 0 bridgehead atoms. The van der Waals surface area contributed by atoms with Crippen LogP contribution in [0, 0.1) is 10.1 Å². The average molecular weight is 460 g/mol. The third kappa shape index (κ3) is 3.51. The first-order valence-electron chi connectivity index (χ1n) is 9.44. The number of nitrogens with one attached hydrogen (secondary N) is 1. The van der Waals surface area contributed by atoms with Crippen molar-refractivity contribution >= 4 is 51.7 Å². The summed E-state index contributed by atoms with van der Waals surface area (Å²) in [6.07, 6.45) is 1.11. The Labute approximate surface area is 187 Å². The molecule has 4 rings (SSSR count). The van der Waals surface area contributed by atoms with Crippen LogP contribution >= 0.6 is 23.4 Å². The quantitative estimate of drug-likeness (QED) is 0.552. The van der Waals surface area contributed by atoms with Gasteiger partial charge in [-0.2, -0.15) is 0 Å². The molecule has 31 heavy (non-hydrogen) atoms. The van der Waals surface area contributed by atoms with E-state index in [1.807, 2.05) is 0 Å². The normalized spacial score (nSPS) is 19.8. The largest absolute Gasteiger partial charge is 0.302 e. The van der Waals surface area contributed by atoms with Crippen molar-refractivity contribution in [1.29, 1.82) is 0 Å². The first-order valence-corrected chi connectivity index (χ1v) is 11.0. The molecule has 1 N–H and O–H groups in total. The SMILES string of the molecule is CCC(=O)N1c2ccccc2[C@H]2C(=O)NC(SC)=NN2[C@@H]1c1ccc(Cl)c([N+](=O)[O-])c1. The van der Waals surface area contributed by atoms with Gasteiger partial charge in [0.15, 0.2) is 17.4 Å². The molecule has 2 aromatic rings. The molecule has 2 aromatic carbocycles. The topological polar surface area (TPSA) is 108 Å². The predicted octanol–water partition coefficient (Wildman–Crippen LogP) is 3.81. The number of fused-ring (bicyclic) bond motifs is 3. The molecule has 160 valence electrons. The summed E-state index contributed by atoms with van der Waals surface area (Å²) in [6, 6.07) is 10.7. The van der Waals surface area contributed by atoms with Gasteiger partial charge in [0.1, 0.15) is 5.02 Å². The predicted molar refractivity (Wildman–Crippen MR) is 119 cm³/mol. The zero-order valence-electron chi connectivity index (χ0n) is 16.6. The Balaban J connectivity index is 2.00. The third-order valence-corrected chi connectivity index (χ3v) is 6.05. The van der Waals surface area contributed by atoms with Crippen LogP contribution in [0.5, 0.6) is 0 Å². The van der Waals surface area contributed by atoms with E-state index in [-0.39, 0.29) is 28.9 Å². The summed E-state index contributed by atoms with van der Waals surface area (Å²) in [7, 11) is 0. The molecule has 2 amide bonds. The maximum absolute atomic E-state index is 13.1. The molecule has 0 unspecified atom stereocenters. The van der Waals surface area contributed by atoms with Crippen LogP contribution in [0.2, 0.25) is 5.02 Å². The lowest BCUT2D eigenvalue weighted by atomic mass is 9.95. The van der Waals surface area contributed by atoms with Gasteiger partial charge in [-0.25, -0.2) is 0 Å². The van der Waals surface area contributed by atoms with Crippen molar-refractivity contribution in [2.45, 2.75) is 25.6 Å². The Morgan fingerprint density at radius 1 is 1.32 bits per heavy atom. The summed E-state index contributed by atoms with van der Waals surface area (Å²) < 4.78 is 0. The fourth-order valence-electron chi connectivity index (χ4n) is 3.81. The molecule has 2 aliphatic heterocycles. The van der Waals surface area contributed by atoms with Crippen LogP contribution in [-0.4, -0.2) is 33.2 Å². The van der Waals surface area contributed by atoms with Crippen molar-refractivity contribution in [3.05, 3.63) is 68.7 Å². The minimum absolute atomic E-state index is 0.0143. The number of nitro benzene ring substituents is 1. The zero-order valence-corrected chi connectivity index (χ0v) is 18.2. The lowest BCUT2D eigenvalue weighted by Crippen LogP contribution is -2.55. The van der Waals surface area contributed by atoms with Crippen molar-refractivity contribution < 1.29 is 14.5 Å². The number of para-hydroxylation sites is 1. The van der Waals surface area contributed by atoms with Gasteiger partial charge < -0.3 is 5.32 Å². The monoisotopic (exact) mass is 459 g/mol. The van der Waals surface area contributed by atoms with Crippen molar-refractivity contribution in [1.82, 2.24) is 10.3 Å². The fraction of sp³-hybridized carbons (Fsp3) is 0.250. The zero-order chi connectivity index (χ0) is 22.3. The number of carbonyl (C=O) groups is 2. The number of anilines is 1. The van der Waals surface area contributed by atoms with Crippen molar-refractivity contribution in [3.63, 3.8) is 0 Å². The van der Waals surface area contributed by atoms with E-state index >= 15 is 0 Å². The molecule has 2 heterocycles.